The van der Waals surface area contributed by atoms with Crippen LogP contribution < -0.4 is 14.8 Å². The molecule has 1 aliphatic heterocycles. The first kappa shape index (κ1) is 15.4. The van der Waals surface area contributed by atoms with Crippen molar-refractivity contribution < 1.29 is 14.3 Å². The normalized spacial score (nSPS) is 19.2. The highest BCUT2D eigenvalue weighted by Crippen LogP contribution is 2.34. The molecule has 0 saturated carbocycles. The molecule has 1 aromatic heterocycles. The van der Waals surface area contributed by atoms with Crippen molar-refractivity contribution in [2.45, 2.75) is 19.1 Å². The van der Waals surface area contributed by atoms with E-state index >= 15 is 0 Å². The molecule has 2 aromatic carbocycles. The number of nitrogens with zero attached hydrogens (tertiary/aromatic N) is 1. The Labute approximate surface area is 150 Å². The topological polar surface area (TPSA) is 60.5 Å². The maximum Gasteiger partial charge on any atom is 0.271 e. The molecule has 1 aliphatic rings. The summed E-state index contributed by atoms with van der Waals surface area (Å²) in [6.07, 6.45) is -1.11. The summed E-state index contributed by atoms with van der Waals surface area (Å²) in [5, 5.41) is 3.37. The average Bonchev–Trinajstić information content (AvgIpc) is 2.95. The van der Waals surface area contributed by atoms with E-state index in [2.05, 4.69) is 26.2 Å². The summed E-state index contributed by atoms with van der Waals surface area (Å²) >= 11 is 4.85. The summed E-state index contributed by atoms with van der Waals surface area (Å²) in [5.74, 6) is 0.956. The Kier molecular flexibility index (Phi) is 3.90. The van der Waals surface area contributed by atoms with Crippen LogP contribution in [0.15, 0.2) is 46.9 Å². The lowest BCUT2D eigenvalue weighted by molar-refractivity contribution is -0.128. The van der Waals surface area contributed by atoms with Gasteiger partial charge in [0.05, 0.1) is 10.2 Å². The van der Waals surface area contributed by atoms with E-state index in [1.807, 2.05) is 43.3 Å². The van der Waals surface area contributed by atoms with Gasteiger partial charge in [-0.2, -0.15) is 0 Å². The number of para-hydroxylation sites is 2. The van der Waals surface area contributed by atoms with Gasteiger partial charge in [-0.3, -0.25) is 10.1 Å². The third-order valence-corrected chi connectivity index (χ3v) is 5.11. The van der Waals surface area contributed by atoms with Crippen molar-refractivity contribution in [1.29, 1.82) is 0 Å². The number of anilines is 1. The summed E-state index contributed by atoms with van der Waals surface area (Å²) in [4.78, 5) is 17.0. The zero-order valence-corrected chi connectivity index (χ0v) is 15.1. The number of fused-ring (bicyclic) bond motifs is 2. The van der Waals surface area contributed by atoms with Crippen LogP contribution in [-0.4, -0.2) is 23.1 Å². The maximum absolute atomic E-state index is 12.6. The Balaban J connectivity index is 1.55. The Morgan fingerprint density at radius 2 is 1.96 bits per heavy atom. The number of halogens is 1. The number of aromatic nitrogens is 1. The largest absolute Gasteiger partial charge is 0.482 e. The van der Waals surface area contributed by atoms with Crippen LogP contribution in [0.5, 0.6) is 11.5 Å². The Morgan fingerprint density at radius 1 is 1.21 bits per heavy atom. The van der Waals surface area contributed by atoms with Gasteiger partial charge in [-0.05, 0) is 37.3 Å². The van der Waals surface area contributed by atoms with Crippen molar-refractivity contribution in [3.8, 4) is 11.5 Å². The summed E-state index contributed by atoms with van der Waals surface area (Å²) in [7, 11) is 0. The molecule has 0 bridgehead atoms. The van der Waals surface area contributed by atoms with Crippen molar-refractivity contribution in [3.05, 3.63) is 46.9 Å². The molecule has 0 fully saturated rings. The van der Waals surface area contributed by atoms with Gasteiger partial charge in [0.25, 0.3) is 5.91 Å². The molecular formula is C17H13BrN2O3S. The molecular weight excluding hydrogens is 392 g/mol. The first-order valence-electron chi connectivity index (χ1n) is 7.39. The van der Waals surface area contributed by atoms with Gasteiger partial charge in [0.1, 0.15) is 6.10 Å². The number of amides is 1. The van der Waals surface area contributed by atoms with E-state index in [-0.39, 0.29) is 12.0 Å². The van der Waals surface area contributed by atoms with Crippen molar-refractivity contribution in [3.63, 3.8) is 0 Å². The van der Waals surface area contributed by atoms with Gasteiger partial charge < -0.3 is 9.47 Å². The Hall–Kier alpha value is -2.12. The molecule has 0 radical (unpaired) electrons. The predicted octanol–water partition coefficient (Wildman–Crippen LogP) is 4.23. The van der Waals surface area contributed by atoms with Gasteiger partial charge in [-0.15, -0.1) is 0 Å². The molecule has 1 N–H and O–H groups in total. The lowest BCUT2D eigenvalue weighted by Crippen LogP contribution is -2.46. The van der Waals surface area contributed by atoms with Crippen molar-refractivity contribution in [2.24, 2.45) is 0 Å². The van der Waals surface area contributed by atoms with Crippen molar-refractivity contribution >= 4 is 48.5 Å². The molecule has 2 atom stereocenters. The molecule has 0 aliphatic carbocycles. The number of carbonyl (C=O) groups excluding carboxylic acids is 1. The van der Waals surface area contributed by atoms with Gasteiger partial charge in [0.2, 0.25) is 6.10 Å². The number of carbonyl (C=O) groups is 1. The number of hydrogen-bond acceptors (Lipinski definition) is 5. The molecule has 5 nitrogen and oxygen atoms in total. The summed E-state index contributed by atoms with van der Waals surface area (Å²) in [6, 6.07) is 13.1. The molecule has 7 heteroatoms. The van der Waals surface area contributed by atoms with Crippen LogP contribution in [0.25, 0.3) is 10.2 Å². The summed E-state index contributed by atoms with van der Waals surface area (Å²) in [5.41, 5.74) is 0.845. The second-order valence-electron chi connectivity index (χ2n) is 5.43. The van der Waals surface area contributed by atoms with Gasteiger partial charge in [-0.25, -0.2) is 4.98 Å². The second-order valence-corrected chi connectivity index (χ2v) is 7.37. The van der Waals surface area contributed by atoms with E-state index < -0.39 is 6.10 Å². The number of rotatable bonds is 2. The van der Waals surface area contributed by atoms with Crippen LogP contribution in [0.4, 0.5) is 5.13 Å². The highest BCUT2D eigenvalue weighted by atomic mass is 79.9. The number of ether oxygens (including phenoxy) is 2. The average molecular weight is 405 g/mol. The number of thiazole rings is 1. The quantitative estimate of drug-likeness (QED) is 0.694. The second kappa shape index (κ2) is 6.07. The van der Waals surface area contributed by atoms with E-state index in [4.69, 9.17) is 9.47 Å². The third-order valence-electron chi connectivity index (χ3n) is 3.68. The zero-order valence-electron chi connectivity index (χ0n) is 12.7. The van der Waals surface area contributed by atoms with E-state index in [0.717, 1.165) is 14.7 Å². The fourth-order valence-corrected chi connectivity index (χ4v) is 3.96. The van der Waals surface area contributed by atoms with E-state index in [9.17, 15) is 4.79 Å². The fourth-order valence-electron chi connectivity index (χ4n) is 2.53. The summed E-state index contributed by atoms with van der Waals surface area (Å²) < 4.78 is 13.5. The fraction of sp³-hybridized carbons (Fsp3) is 0.176. The van der Waals surface area contributed by atoms with Crippen LogP contribution in [0.2, 0.25) is 0 Å². The van der Waals surface area contributed by atoms with Gasteiger partial charge in [0, 0.05) is 4.47 Å². The first-order chi connectivity index (χ1) is 11.6. The zero-order chi connectivity index (χ0) is 16.7. The van der Waals surface area contributed by atoms with Crippen LogP contribution in [0, 0.1) is 0 Å². The minimum absolute atomic E-state index is 0.268. The number of nitrogens with one attached hydrogen (secondary N) is 1. The van der Waals surface area contributed by atoms with Gasteiger partial charge >= 0.3 is 0 Å². The first-order valence-corrected chi connectivity index (χ1v) is 9.00. The van der Waals surface area contributed by atoms with Crippen LogP contribution >= 0.6 is 27.3 Å². The van der Waals surface area contributed by atoms with Crippen LogP contribution in [0.1, 0.15) is 6.92 Å². The van der Waals surface area contributed by atoms with Crippen molar-refractivity contribution in [2.75, 3.05) is 5.32 Å². The van der Waals surface area contributed by atoms with E-state index in [1.165, 1.54) is 11.3 Å². The molecule has 3 aromatic rings. The molecule has 2 unspecified atom stereocenters. The Morgan fingerprint density at radius 3 is 2.75 bits per heavy atom. The SMILES string of the molecule is CC1Oc2ccccc2OC1C(=O)Nc1nc2ccc(Br)cc2s1. The monoisotopic (exact) mass is 404 g/mol. The maximum atomic E-state index is 12.6. The Bertz CT molecular complexity index is 927. The molecule has 0 spiro atoms. The third kappa shape index (κ3) is 2.85. The standard InChI is InChI=1S/C17H13BrN2O3S/c1-9-15(23-13-5-3-2-4-12(13)22-9)16(21)20-17-19-11-7-6-10(18)8-14(11)24-17/h2-9,15H,1H3,(H,19,20,21). The van der Waals surface area contributed by atoms with E-state index in [0.29, 0.717) is 16.6 Å². The highest BCUT2D eigenvalue weighted by molar-refractivity contribution is 9.10. The minimum atomic E-state index is -0.723. The summed E-state index contributed by atoms with van der Waals surface area (Å²) in [6.45, 7) is 1.82. The van der Waals surface area contributed by atoms with E-state index in [1.54, 1.807) is 6.07 Å². The lowest BCUT2D eigenvalue weighted by Gasteiger charge is -2.30. The number of benzene rings is 2. The van der Waals surface area contributed by atoms with Crippen molar-refractivity contribution in [1.82, 2.24) is 4.98 Å². The smallest absolute Gasteiger partial charge is 0.271 e. The van der Waals surface area contributed by atoms with Gasteiger partial charge in [0.15, 0.2) is 16.6 Å². The molecule has 4 rings (SSSR count). The molecule has 2 heterocycles. The number of hydrogen-bond donors (Lipinski definition) is 1. The predicted molar refractivity (Wildman–Crippen MR) is 96.9 cm³/mol. The lowest BCUT2D eigenvalue weighted by atomic mass is 10.1. The molecule has 24 heavy (non-hydrogen) atoms. The minimum Gasteiger partial charge on any atom is -0.482 e. The van der Waals surface area contributed by atoms with Gasteiger partial charge in [-0.1, -0.05) is 39.4 Å². The molecule has 1 amide bonds. The van der Waals surface area contributed by atoms with Crippen LogP contribution in [0.3, 0.4) is 0 Å². The highest BCUT2D eigenvalue weighted by Gasteiger charge is 2.34. The molecule has 0 saturated heterocycles. The molecule has 122 valence electrons. The van der Waals surface area contributed by atoms with Crippen LogP contribution in [-0.2, 0) is 4.79 Å².